The Bertz CT molecular complexity index is 824. The molecule has 2 aliphatic heterocycles. The molecule has 1 aromatic rings. The van der Waals surface area contributed by atoms with Crippen LogP contribution in [0, 0.1) is 5.92 Å². The summed E-state index contributed by atoms with van der Waals surface area (Å²) < 4.78 is 36.5. The number of aliphatic carboxylic acids is 1. The number of carboxylic acid groups (broad SMARTS) is 1. The summed E-state index contributed by atoms with van der Waals surface area (Å²) >= 11 is 0. The second kappa shape index (κ2) is 12.6. The zero-order chi connectivity index (χ0) is 25.3. The Morgan fingerprint density at radius 2 is 1.65 bits per heavy atom. The minimum Gasteiger partial charge on any atom is -0.475 e. The fourth-order valence-corrected chi connectivity index (χ4v) is 4.04. The SMILES string of the molecule is COC(=O)c1ccc(N2CCN(C(=O)CCN3CCCC(C)C3)CC2)cc1.O=C(O)C(F)(F)F. The molecule has 0 radical (unpaired) electrons. The van der Waals surface area contributed by atoms with Crippen molar-refractivity contribution in [1.82, 2.24) is 9.80 Å². The number of amides is 1. The quantitative estimate of drug-likeness (QED) is 0.639. The molecule has 1 atom stereocenters. The second-order valence-corrected chi connectivity index (χ2v) is 8.51. The van der Waals surface area contributed by atoms with Gasteiger partial charge in [-0.15, -0.1) is 0 Å². The Morgan fingerprint density at radius 3 is 2.15 bits per heavy atom. The van der Waals surface area contributed by atoms with Crippen LogP contribution in [0.2, 0.25) is 0 Å². The van der Waals surface area contributed by atoms with Crippen LogP contribution >= 0.6 is 0 Å². The van der Waals surface area contributed by atoms with Gasteiger partial charge in [-0.3, -0.25) is 4.79 Å². The summed E-state index contributed by atoms with van der Waals surface area (Å²) in [5.41, 5.74) is 1.64. The van der Waals surface area contributed by atoms with E-state index in [4.69, 9.17) is 14.6 Å². The molecule has 1 N–H and O–H groups in total. The molecule has 3 rings (SSSR count). The molecule has 2 heterocycles. The van der Waals surface area contributed by atoms with Crippen LogP contribution in [0.15, 0.2) is 24.3 Å². The minimum absolute atomic E-state index is 0.272. The largest absolute Gasteiger partial charge is 0.490 e. The number of esters is 1. The highest BCUT2D eigenvalue weighted by Gasteiger charge is 2.38. The normalized spacial score (nSPS) is 19.1. The first-order valence-electron chi connectivity index (χ1n) is 11.2. The van der Waals surface area contributed by atoms with Crippen LogP contribution in [0.1, 0.15) is 36.5 Å². The molecule has 8 nitrogen and oxygen atoms in total. The first-order chi connectivity index (χ1) is 16.0. The Labute approximate surface area is 197 Å². The van der Waals surface area contributed by atoms with Gasteiger partial charge in [-0.1, -0.05) is 6.92 Å². The maximum Gasteiger partial charge on any atom is 0.490 e. The van der Waals surface area contributed by atoms with Gasteiger partial charge in [0.15, 0.2) is 0 Å². The maximum atomic E-state index is 12.5. The number of anilines is 1. The number of piperazine rings is 1. The molecular formula is C23H32F3N3O5. The van der Waals surface area contributed by atoms with Gasteiger partial charge in [0.1, 0.15) is 0 Å². The van der Waals surface area contributed by atoms with Crippen LogP contribution in [0.5, 0.6) is 0 Å². The van der Waals surface area contributed by atoms with E-state index in [2.05, 4.69) is 16.7 Å². The zero-order valence-electron chi connectivity index (χ0n) is 19.5. The average Bonchev–Trinajstić information content (AvgIpc) is 2.82. The molecule has 0 bridgehead atoms. The van der Waals surface area contributed by atoms with E-state index in [0.29, 0.717) is 12.0 Å². The molecule has 0 aromatic heterocycles. The number of methoxy groups -OCH3 is 1. The predicted octanol–water partition coefficient (Wildman–Crippen LogP) is 2.88. The van der Waals surface area contributed by atoms with Gasteiger partial charge in [0.25, 0.3) is 0 Å². The van der Waals surface area contributed by atoms with Crippen LogP contribution in [0.25, 0.3) is 0 Å². The molecule has 0 spiro atoms. The number of carboxylic acids is 1. The Morgan fingerprint density at radius 1 is 1.06 bits per heavy atom. The second-order valence-electron chi connectivity index (χ2n) is 8.51. The third kappa shape index (κ3) is 8.51. The first kappa shape index (κ1) is 27.4. The molecule has 2 fully saturated rings. The van der Waals surface area contributed by atoms with Crippen LogP contribution < -0.4 is 4.90 Å². The number of alkyl halides is 3. The van der Waals surface area contributed by atoms with E-state index >= 15 is 0 Å². The number of hydrogen-bond acceptors (Lipinski definition) is 6. The fourth-order valence-electron chi connectivity index (χ4n) is 4.04. The van der Waals surface area contributed by atoms with Gasteiger partial charge in [0, 0.05) is 51.4 Å². The van der Waals surface area contributed by atoms with Crippen LogP contribution in [0.3, 0.4) is 0 Å². The number of benzene rings is 1. The minimum atomic E-state index is -5.08. The summed E-state index contributed by atoms with van der Waals surface area (Å²) in [5.74, 6) is -2.05. The lowest BCUT2D eigenvalue weighted by atomic mass is 10.0. The summed E-state index contributed by atoms with van der Waals surface area (Å²) in [4.78, 5) is 39.7. The molecule has 2 aliphatic rings. The molecule has 2 saturated heterocycles. The molecule has 34 heavy (non-hydrogen) atoms. The van der Waals surface area contributed by atoms with Crippen molar-refractivity contribution < 1.29 is 37.4 Å². The molecule has 0 saturated carbocycles. The number of rotatable bonds is 5. The topological polar surface area (TPSA) is 90.4 Å². The van der Waals surface area contributed by atoms with Crippen molar-refractivity contribution in [3.63, 3.8) is 0 Å². The zero-order valence-corrected chi connectivity index (χ0v) is 19.5. The molecule has 1 aromatic carbocycles. The number of likely N-dealkylation sites (tertiary alicyclic amines) is 1. The van der Waals surface area contributed by atoms with E-state index in [9.17, 15) is 22.8 Å². The molecular weight excluding hydrogens is 455 g/mol. The Hall–Kier alpha value is -2.82. The Kier molecular flexibility index (Phi) is 10.2. The van der Waals surface area contributed by atoms with Gasteiger partial charge in [-0.05, 0) is 49.6 Å². The number of piperidine rings is 1. The number of hydrogen-bond donors (Lipinski definition) is 1. The summed E-state index contributed by atoms with van der Waals surface area (Å²) in [7, 11) is 1.39. The van der Waals surface area contributed by atoms with Crippen molar-refractivity contribution in [2.75, 3.05) is 57.8 Å². The number of nitrogens with zero attached hydrogens (tertiary/aromatic N) is 3. The van der Waals surface area contributed by atoms with Gasteiger partial charge < -0.3 is 24.5 Å². The maximum absolute atomic E-state index is 12.5. The molecule has 11 heteroatoms. The van der Waals surface area contributed by atoms with Crippen molar-refractivity contribution in [3.8, 4) is 0 Å². The monoisotopic (exact) mass is 487 g/mol. The fraction of sp³-hybridized carbons (Fsp3) is 0.609. The van der Waals surface area contributed by atoms with Crippen LogP contribution in [0.4, 0.5) is 18.9 Å². The van der Waals surface area contributed by atoms with E-state index in [1.54, 1.807) is 12.1 Å². The van der Waals surface area contributed by atoms with E-state index in [1.165, 1.54) is 20.0 Å². The van der Waals surface area contributed by atoms with Crippen molar-refractivity contribution in [3.05, 3.63) is 29.8 Å². The summed E-state index contributed by atoms with van der Waals surface area (Å²) in [6.45, 7) is 8.61. The smallest absolute Gasteiger partial charge is 0.475 e. The molecule has 1 unspecified atom stereocenters. The summed E-state index contributed by atoms with van der Waals surface area (Å²) in [5, 5.41) is 7.12. The molecule has 190 valence electrons. The van der Waals surface area contributed by atoms with Gasteiger partial charge in [0.05, 0.1) is 12.7 Å². The van der Waals surface area contributed by atoms with Crippen molar-refractivity contribution in [2.45, 2.75) is 32.4 Å². The highest BCUT2D eigenvalue weighted by atomic mass is 19.4. The number of carbonyl (C=O) groups excluding carboxylic acids is 2. The average molecular weight is 488 g/mol. The van der Waals surface area contributed by atoms with E-state index in [0.717, 1.165) is 57.4 Å². The van der Waals surface area contributed by atoms with Gasteiger partial charge in [-0.25, -0.2) is 9.59 Å². The Balaban J connectivity index is 0.000000509. The van der Waals surface area contributed by atoms with E-state index in [1.807, 2.05) is 17.0 Å². The molecule has 1 amide bonds. The third-order valence-electron chi connectivity index (χ3n) is 5.91. The lowest BCUT2D eigenvalue weighted by Gasteiger charge is -2.37. The number of carbonyl (C=O) groups is 3. The van der Waals surface area contributed by atoms with Crippen molar-refractivity contribution in [2.24, 2.45) is 5.92 Å². The van der Waals surface area contributed by atoms with Gasteiger partial charge in [-0.2, -0.15) is 13.2 Å². The summed E-state index contributed by atoms with van der Waals surface area (Å²) in [6.07, 6.45) is -1.89. The third-order valence-corrected chi connectivity index (χ3v) is 5.91. The van der Waals surface area contributed by atoms with Gasteiger partial charge >= 0.3 is 18.1 Å². The first-order valence-corrected chi connectivity index (χ1v) is 11.2. The van der Waals surface area contributed by atoms with Crippen LogP contribution in [-0.4, -0.2) is 91.9 Å². The summed E-state index contributed by atoms with van der Waals surface area (Å²) in [6, 6.07) is 7.47. The number of halogens is 3. The van der Waals surface area contributed by atoms with Crippen molar-refractivity contribution >= 4 is 23.5 Å². The standard InChI is InChI=1S/C21H31N3O3.C2HF3O2/c1-17-4-3-10-22(16-17)11-9-20(25)24-14-12-23(13-15-24)19-7-5-18(6-8-19)21(26)27-2;3-2(4,5)1(6)7/h5-8,17H,3-4,9-16H2,1-2H3;(H,6,7). The lowest BCUT2D eigenvalue weighted by molar-refractivity contribution is -0.192. The van der Waals surface area contributed by atoms with Crippen LogP contribution in [-0.2, 0) is 14.3 Å². The van der Waals surface area contributed by atoms with E-state index in [-0.39, 0.29) is 11.9 Å². The lowest BCUT2D eigenvalue weighted by Crippen LogP contribution is -2.49. The highest BCUT2D eigenvalue weighted by Crippen LogP contribution is 2.19. The van der Waals surface area contributed by atoms with Gasteiger partial charge in [0.2, 0.25) is 5.91 Å². The van der Waals surface area contributed by atoms with E-state index < -0.39 is 12.1 Å². The van der Waals surface area contributed by atoms with Crippen molar-refractivity contribution in [1.29, 1.82) is 0 Å². The number of ether oxygens (including phenoxy) is 1. The highest BCUT2D eigenvalue weighted by molar-refractivity contribution is 5.89. The predicted molar refractivity (Wildman–Crippen MR) is 120 cm³/mol. The molecule has 0 aliphatic carbocycles.